The lowest BCUT2D eigenvalue weighted by molar-refractivity contribution is -0.116. The molecule has 1 aliphatic rings. The number of allylic oxidation sites excluding steroid dienone is 2. The molecule has 0 saturated heterocycles. The first-order chi connectivity index (χ1) is 14.1. The van der Waals surface area contributed by atoms with E-state index in [1.54, 1.807) is 6.92 Å². The zero-order valence-electron chi connectivity index (χ0n) is 18.0. The van der Waals surface area contributed by atoms with Crippen molar-refractivity contribution in [2.75, 3.05) is 6.61 Å². The number of Topliss-reactive ketones (excluding diaryl/α,β-unsaturated/α-hetero) is 1. The van der Waals surface area contributed by atoms with E-state index < -0.39 is 6.09 Å². The van der Waals surface area contributed by atoms with E-state index in [4.69, 9.17) is 22.2 Å². The molecule has 0 saturated carbocycles. The molecule has 1 aromatic carbocycles. The third kappa shape index (κ3) is 4.87. The van der Waals surface area contributed by atoms with E-state index in [1.165, 1.54) is 0 Å². The average Bonchev–Trinajstić information content (AvgIpc) is 2.62. The smallest absolute Gasteiger partial charge is 0.409 e. The van der Waals surface area contributed by atoms with Gasteiger partial charge in [0.2, 0.25) is 0 Å². The molecule has 3 N–H and O–H groups in total. The van der Waals surface area contributed by atoms with Crippen LogP contribution in [0, 0.1) is 20.8 Å². The Hall–Kier alpha value is -2.74. The molecule has 0 radical (unpaired) electrons. The maximum absolute atomic E-state index is 12.9. The number of aliphatic hydroxyl groups excluding tert-OH is 1. The molecule has 162 valence electrons. The summed E-state index contributed by atoms with van der Waals surface area (Å²) in [5.74, 6) is -0.418. The minimum absolute atomic E-state index is 0.00344. The Balaban J connectivity index is 2.50. The topological polar surface area (TPSA) is 108 Å². The van der Waals surface area contributed by atoms with Crippen molar-refractivity contribution in [3.05, 3.63) is 45.2 Å². The SMILES string of the molecule is CCON=C(CC)C1=C(O)CC(c2c(C)cc(C)c(C(=S)NC(=O)O)c2C)CC1=O. The van der Waals surface area contributed by atoms with Crippen LogP contribution in [0.3, 0.4) is 0 Å². The third-order valence-electron chi connectivity index (χ3n) is 5.25. The van der Waals surface area contributed by atoms with Gasteiger partial charge in [-0.2, -0.15) is 0 Å². The number of rotatable bonds is 6. The number of aliphatic hydroxyl groups is 1. The van der Waals surface area contributed by atoms with Gasteiger partial charge in [-0.05, 0) is 62.3 Å². The summed E-state index contributed by atoms with van der Waals surface area (Å²) in [4.78, 5) is 29.2. The number of carboxylic acid groups (broad SMARTS) is 1. The fraction of sp³-hybridized carbons (Fsp3) is 0.455. The molecule has 0 fully saturated rings. The van der Waals surface area contributed by atoms with Gasteiger partial charge in [0.25, 0.3) is 0 Å². The van der Waals surface area contributed by atoms with E-state index in [-0.39, 0.29) is 40.9 Å². The van der Waals surface area contributed by atoms with Gasteiger partial charge in [0.05, 0.1) is 11.3 Å². The van der Waals surface area contributed by atoms with E-state index in [1.807, 2.05) is 33.8 Å². The fourth-order valence-corrected chi connectivity index (χ4v) is 4.59. The largest absolute Gasteiger partial charge is 0.511 e. The number of hydrogen-bond donors (Lipinski definition) is 3. The number of amides is 1. The lowest BCUT2D eigenvalue weighted by Crippen LogP contribution is -2.30. The summed E-state index contributed by atoms with van der Waals surface area (Å²) in [5, 5.41) is 26.0. The predicted octanol–water partition coefficient (Wildman–Crippen LogP) is 4.62. The van der Waals surface area contributed by atoms with Gasteiger partial charge in [-0.15, -0.1) is 0 Å². The molecule has 8 heteroatoms. The molecule has 1 unspecified atom stereocenters. The molecule has 1 aromatic rings. The number of oxime groups is 1. The summed E-state index contributed by atoms with van der Waals surface area (Å²) in [6.45, 7) is 9.72. The summed E-state index contributed by atoms with van der Waals surface area (Å²) >= 11 is 5.28. The maximum Gasteiger partial charge on any atom is 0.409 e. The molecule has 0 bridgehead atoms. The minimum atomic E-state index is -1.22. The number of carbonyl (C=O) groups excluding carboxylic acids is 1. The molecule has 0 aliphatic heterocycles. The van der Waals surface area contributed by atoms with Crippen molar-refractivity contribution < 1.29 is 24.6 Å². The van der Waals surface area contributed by atoms with Crippen LogP contribution in [-0.4, -0.2) is 39.4 Å². The standard InChI is InChI=1S/C22H28N2O5S/c1-6-15(24-29-7-2)20-16(25)9-14(10-17(20)26)18-11(3)8-12(4)19(13(18)5)21(30)23-22(27)28/h8,14,25H,6-7,9-10H2,1-5H3,(H,23,30)(H,27,28). The molecule has 0 spiro atoms. The summed E-state index contributed by atoms with van der Waals surface area (Å²) in [7, 11) is 0. The zero-order valence-corrected chi connectivity index (χ0v) is 18.8. The van der Waals surface area contributed by atoms with E-state index in [0.29, 0.717) is 24.3 Å². The molecular weight excluding hydrogens is 404 g/mol. The van der Waals surface area contributed by atoms with Gasteiger partial charge in [0, 0.05) is 18.4 Å². The highest BCUT2D eigenvalue weighted by Crippen LogP contribution is 2.39. The monoisotopic (exact) mass is 432 g/mol. The number of carbonyl (C=O) groups is 2. The van der Waals surface area contributed by atoms with Crippen LogP contribution < -0.4 is 5.32 Å². The second-order valence-electron chi connectivity index (χ2n) is 7.34. The predicted molar refractivity (Wildman–Crippen MR) is 120 cm³/mol. The second kappa shape index (κ2) is 9.84. The first-order valence-corrected chi connectivity index (χ1v) is 10.3. The highest BCUT2D eigenvalue weighted by atomic mass is 32.1. The number of ketones is 1. The number of aryl methyl sites for hydroxylation is 2. The van der Waals surface area contributed by atoms with Gasteiger partial charge in [-0.1, -0.05) is 30.4 Å². The Morgan fingerprint density at radius 2 is 1.93 bits per heavy atom. The number of benzene rings is 1. The molecule has 1 atom stereocenters. The summed E-state index contributed by atoms with van der Waals surface area (Å²) in [5.41, 5.74) is 4.88. The Bertz CT molecular complexity index is 949. The Morgan fingerprint density at radius 1 is 1.27 bits per heavy atom. The first kappa shape index (κ1) is 23.5. The lowest BCUT2D eigenvalue weighted by Gasteiger charge is -2.28. The minimum Gasteiger partial charge on any atom is -0.511 e. The summed E-state index contributed by atoms with van der Waals surface area (Å²) < 4.78 is 0. The van der Waals surface area contributed by atoms with Gasteiger partial charge in [-0.3, -0.25) is 10.1 Å². The summed E-state index contributed by atoms with van der Waals surface area (Å²) in [6.07, 6.45) is -0.249. The molecular formula is C22H28N2O5S. The van der Waals surface area contributed by atoms with Crippen LogP contribution in [-0.2, 0) is 9.63 Å². The van der Waals surface area contributed by atoms with Crippen molar-refractivity contribution in [3.8, 4) is 0 Å². The number of thiocarbonyl (C=S) groups is 1. The van der Waals surface area contributed by atoms with Crippen molar-refractivity contribution in [1.82, 2.24) is 5.32 Å². The third-order valence-corrected chi connectivity index (χ3v) is 5.56. The van der Waals surface area contributed by atoms with Crippen LogP contribution in [0.25, 0.3) is 0 Å². The maximum atomic E-state index is 12.9. The van der Waals surface area contributed by atoms with E-state index >= 15 is 0 Å². The van der Waals surface area contributed by atoms with Crippen LogP contribution in [0.1, 0.15) is 66.8 Å². The normalized spacial score (nSPS) is 17.2. The van der Waals surface area contributed by atoms with Gasteiger partial charge in [-0.25, -0.2) is 4.79 Å². The molecule has 0 heterocycles. The molecule has 30 heavy (non-hydrogen) atoms. The molecule has 7 nitrogen and oxygen atoms in total. The first-order valence-electron chi connectivity index (χ1n) is 9.91. The van der Waals surface area contributed by atoms with E-state index in [0.717, 1.165) is 22.3 Å². The van der Waals surface area contributed by atoms with Crippen LogP contribution in [0.2, 0.25) is 0 Å². The highest BCUT2D eigenvalue weighted by molar-refractivity contribution is 7.80. The lowest BCUT2D eigenvalue weighted by atomic mass is 9.76. The molecule has 1 aliphatic carbocycles. The van der Waals surface area contributed by atoms with Crippen molar-refractivity contribution in [1.29, 1.82) is 0 Å². The molecule has 0 aromatic heterocycles. The van der Waals surface area contributed by atoms with Crippen molar-refractivity contribution in [2.24, 2.45) is 5.16 Å². The van der Waals surface area contributed by atoms with E-state index in [9.17, 15) is 14.7 Å². The fourth-order valence-electron chi connectivity index (χ4n) is 4.19. The van der Waals surface area contributed by atoms with Gasteiger partial charge < -0.3 is 15.1 Å². The van der Waals surface area contributed by atoms with E-state index in [2.05, 4.69) is 10.5 Å². The molecule has 1 amide bonds. The zero-order chi connectivity index (χ0) is 22.6. The van der Waals surface area contributed by atoms with Crippen molar-refractivity contribution >= 4 is 34.8 Å². The van der Waals surface area contributed by atoms with Gasteiger partial charge >= 0.3 is 6.09 Å². The Labute approximate surface area is 181 Å². The number of nitrogens with one attached hydrogen (secondary N) is 1. The average molecular weight is 433 g/mol. The molecule has 2 rings (SSSR count). The highest BCUT2D eigenvalue weighted by Gasteiger charge is 2.33. The summed E-state index contributed by atoms with van der Waals surface area (Å²) in [6, 6.07) is 1.93. The number of nitrogens with zero attached hydrogens (tertiary/aromatic N) is 1. The second-order valence-corrected chi connectivity index (χ2v) is 7.75. The Morgan fingerprint density at radius 3 is 2.47 bits per heavy atom. The number of hydrogen-bond acceptors (Lipinski definition) is 6. The van der Waals surface area contributed by atoms with Gasteiger partial charge in [0.15, 0.2) is 5.78 Å². The van der Waals surface area contributed by atoms with Crippen LogP contribution in [0.4, 0.5) is 4.79 Å². The van der Waals surface area contributed by atoms with Gasteiger partial charge in [0.1, 0.15) is 17.4 Å². The van der Waals surface area contributed by atoms with Crippen molar-refractivity contribution in [2.45, 2.75) is 59.8 Å². The van der Waals surface area contributed by atoms with Crippen LogP contribution in [0.15, 0.2) is 22.6 Å². The van der Waals surface area contributed by atoms with Crippen molar-refractivity contribution in [3.63, 3.8) is 0 Å². The quantitative estimate of drug-likeness (QED) is 0.344. The van der Waals surface area contributed by atoms with Crippen LogP contribution >= 0.6 is 12.2 Å². The Kier molecular flexibility index (Phi) is 7.72. The van der Waals surface area contributed by atoms with Crippen LogP contribution in [0.5, 0.6) is 0 Å².